The Balaban J connectivity index is 1.34. The third-order valence-corrected chi connectivity index (χ3v) is 9.40. The molecule has 6 N–H and O–H groups in total. The van der Waals surface area contributed by atoms with Crippen molar-refractivity contribution in [1.29, 1.82) is 0 Å². The summed E-state index contributed by atoms with van der Waals surface area (Å²) in [6, 6.07) is 30.8. The van der Waals surface area contributed by atoms with Crippen LogP contribution in [0.2, 0.25) is 0 Å². The molecule has 6 aromatic rings. The van der Waals surface area contributed by atoms with Crippen LogP contribution in [0.15, 0.2) is 146 Å². The van der Waals surface area contributed by atoms with E-state index in [0.29, 0.717) is 16.9 Å². The topological polar surface area (TPSA) is 225 Å². The van der Waals surface area contributed by atoms with Gasteiger partial charge in [-0.3, -0.25) is 9.11 Å². The van der Waals surface area contributed by atoms with E-state index in [9.17, 15) is 36.2 Å². The minimum absolute atomic E-state index is 0.132. The molecule has 0 heterocycles. The van der Waals surface area contributed by atoms with E-state index in [1.165, 1.54) is 24.3 Å². The summed E-state index contributed by atoms with van der Waals surface area (Å²) < 4.78 is 69.6. The van der Waals surface area contributed by atoms with Gasteiger partial charge >= 0.3 is 0 Å². The average molecular weight is 722 g/mol. The molecule has 0 aliphatic carbocycles. The second-order valence-corrected chi connectivity index (χ2v) is 13.9. The van der Waals surface area contributed by atoms with Gasteiger partial charge in [0.2, 0.25) is 0 Å². The van der Waals surface area contributed by atoms with Gasteiger partial charge in [-0.2, -0.15) is 32.2 Å². The minimum Gasteiger partial charge on any atom is -0.508 e. The SMILES string of the molecule is Nc1c(N=Nc2ccc(-c3ccc(N=Nc4ccc(O)cc4)cc3)cc2)c(S(=O)(=O)O)cc2cc(S(=O)(=O)O)c(C=Cc3ccccc3)c(O)c12. The van der Waals surface area contributed by atoms with Crippen LogP contribution in [0.3, 0.4) is 0 Å². The molecule has 0 amide bonds. The maximum absolute atomic E-state index is 12.4. The summed E-state index contributed by atoms with van der Waals surface area (Å²) in [4.78, 5) is -1.52. The number of nitrogens with two attached hydrogens (primary N) is 1. The monoisotopic (exact) mass is 721 g/mol. The van der Waals surface area contributed by atoms with Crippen LogP contribution in [0.5, 0.6) is 11.5 Å². The van der Waals surface area contributed by atoms with Crippen molar-refractivity contribution >= 4 is 71.6 Å². The Bertz CT molecular complexity index is 2580. The van der Waals surface area contributed by atoms with Crippen molar-refractivity contribution in [3.05, 3.63) is 126 Å². The zero-order chi connectivity index (χ0) is 36.3. The summed E-state index contributed by atoms with van der Waals surface area (Å²) in [5.41, 5.74) is 8.91. The standard InChI is InChI=1S/C36H27N5O8S2/c37-34-33-25(20-31(50(44,45)46)30(36(33)43)19-6-22-4-2-1-3-5-22)21-32(51(47,48)49)35(34)41-40-27-13-9-24(10-14-27)23-7-11-26(12-8-23)38-39-28-15-17-29(42)18-16-28/h1-21,42-43H,37H2,(H,44,45,46)(H,47,48,49). The highest BCUT2D eigenvalue weighted by Crippen LogP contribution is 2.45. The Kier molecular flexibility index (Phi) is 9.45. The maximum Gasteiger partial charge on any atom is 0.296 e. The number of nitrogens with zero attached hydrogens (tertiary/aromatic N) is 4. The lowest BCUT2D eigenvalue weighted by Crippen LogP contribution is -2.05. The Hall–Kier alpha value is -6.26. The minimum atomic E-state index is -5.00. The maximum atomic E-state index is 12.4. The van der Waals surface area contributed by atoms with Crippen molar-refractivity contribution < 1.29 is 36.2 Å². The molecule has 0 atom stereocenters. The molecule has 0 unspecified atom stereocenters. The molecule has 0 saturated heterocycles. The number of fused-ring (bicyclic) bond motifs is 1. The predicted molar refractivity (Wildman–Crippen MR) is 193 cm³/mol. The molecule has 0 spiro atoms. The Morgan fingerprint density at radius 2 is 1.04 bits per heavy atom. The molecule has 0 saturated carbocycles. The molecule has 6 rings (SSSR count). The quantitative estimate of drug-likeness (QED) is 0.0415. The van der Waals surface area contributed by atoms with Gasteiger partial charge < -0.3 is 15.9 Å². The second kappa shape index (κ2) is 13.9. The van der Waals surface area contributed by atoms with Crippen molar-refractivity contribution in [3.63, 3.8) is 0 Å². The van der Waals surface area contributed by atoms with E-state index in [1.807, 2.05) is 12.1 Å². The van der Waals surface area contributed by atoms with Gasteiger partial charge in [0.15, 0.2) is 0 Å². The zero-order valence-corrected chi connectivity index (χ0v) is 27.9. The lowest BCUT2D eigenvalue weighted by Gasteiger charge is -2.15. The van der Waals surface area contributed by atoms with Crippen LogP contribution in [0.25, 0.3) is 34.1 Å². The van der Waals surface area contributed by atoms with Gasteiger partial charge in [-0.25, -0.2) is 0 Å². The number of phenolic OH excluding ortho intramolecular Hbond substituents is 2. The van der Waals surface area contributed by atoms with Crippen molar-refractivity contribution in [1.82, 2.24) is 0 Å². The first-order chi connectivity index (χ1) is 24.3. The molecule has 0 fully saturated rings. The van der Waals surface area contributed by atoms with E-state index >= 15 is 0 Å². The number of hydrogen-bond acceptors (Lipinski definition) is 11. The van der Waals surface area contributed by atoms with Gasteiger partial charge in [-0.15, -0.1) is 5.11 Å². The van der Waals surface area contributed by atoms with Gasteiger partial charge in [-0.05, 0) is 88.8 Å². The van der Waals surface area contributed by atoms with Crippen molar-refractivity contribution in [2.45, 2.75) is 9.79 Å². The molecule has 0 aromatic heterocycles. The van der Waals surface area contributed by atoms with Gasteiger partial charge in [0.25, 0.3) is 20.2 Å². The smallest absolute Gasteiger partial charge is 0.296 e. The highest BCUT2D eigenvalue weighted by atomic mass is 32.2. The second-order valence-electron chi connectivity index (χ2n) is 11.1. The van der Waals surface area contributed by atoms with E-state index in [1.54, 1.807) is 78.9 Å². The lowest BCUT2D eigenvalue weighted by atomic mass is 10.0. The molecule has 13 nitrogen and oxygen atoms in total. The number of phenols is 2. The van der Waals surface area contributed by atoms with Crippen molar-refractivity contribution in [2.24, 2.45) is 20.5 Å². The fraction of sp³-hybridized carbons (Fsp3) is 0. The van der Waals surface area contributed by atoms with Crippen LogP contribution in [0.1, 0.15) is 11.1 Å². The molecule has 51 heavy (non-hydrogen) atoms. The molecule has 0 bridgehead atoms. The molecule has 0 radical (unpaired) electrons. The summed E-state index contributed by atoms with van der Waals surface area (Å²) in [5.74, 6) is -0.548. The number of nitrogen functional groups attached to an aromatic ring is 1. The van der Waals surface area contributed by atoms with Gasteiger partial charge in [0, 0.05) is 10.9 Å². The highest BCUT2D eigenvalue weighted by molar-refractivity contribution is 7.86. The molecule has 256 valence electrons. The highest BCUT2D eigenvalue weighted by Gasteiger charge is 2.27. The van der Waals surface area contributed by atoms with Crippen LogP contribution >= 0.6 is 0 Å². The Labute approximate surface area is 291 Å². The molecule has 15 heteroatoms. The predicted octanol–water partition coefficient (Wildman–Crippen LogP) is 8.99. The third kappa shape index (κ3) is 7.82. The third-order valence-electron chi connectivity index (χ3n) is 7.64. The molecular weight excluding hydrogens is 695 g/mol. The summed E-state index contributed by atoms with van der Waals surface area (Å²) >= 11 is 0. The summed E-state index contributed by atoms with van der Waals surface area (Å²) in [6.07, 6.45) is 2.77. The number of benzene rings is 6. The fourth-order valence-corrected chi connectivity index (χ4v) is 6.53. The first-order valence-electron chi connectivity index (χ1n) is 14.9. The zero-order valence-electron chi connectivity index (χ0n) is 26.2. The van der Waals surface area contributed by atoms with E-state index in [0.717, 1.165) is 23.3 Å². The van der Waals surface area contributed by atoms with E-state index < -0.39 is 47.2 Å². The van der Waals surface area contributed by atoms with Crippen molar-refractivity contribution in [3.8, 4) is 22.6 Å². The first-order valence-corrected chi connectivity index (χ1v) is 17.8. The lowest BCUT2D eigenvalue weighted by molar-refractivity contribution is 0.469. The van der Waals surface area contributed by atoms with E-state index in [2.05, 4.69) is 20.5 Å². The molecule has 0 aliphatic heterocycles. The Morgan fingerprint density at radius 1 is 0.569 bits per heavy atom. The van der Waals surface area contributed by atoms with Crippen LogP contribution in [-0.2, 0) is 20.2 Å². The Morgan fingerprint density at radius 3 is 1.55 bits per heavy atom. The molecular formula is C36H27N5O8S2. The summed E-state index contributed by atoms with van der Waals surface area (Å²) in [7, 11) is -9.93. The number of hydrogen-bond donors (Lipinski definition) is 5. The van der Waals surface area contributed by atoms with Gasteiger partial charge in [-0.1, -0.05) is 60.7 Å². The normalized spacial score (nSPS) is 12.4. The van der Waals surface area contributed by atoms with E-state index in [-0.39, 0.29) is 27.8 Å². The summed E-state index contributed by atoms with van der Waals surface area (Å²) in [6.45, 7) is 0. The molecule has 6 aromatic carbocycles. The summed E-state index contributed by atoms with van der Waals surface area (Å²) in [5, 5.41) is 36.8. The fourth-order valence-electron chi connectivity index (χ4n) is 5.14. The van der Waals surface area contributed by atoms with Crippen LogP contribution < -0.4 is 5.73 Å². The number of rotatable bonds is 9. The van der Waals surface area contributed by atoms with Crippen LogP contribution in [-0.4, -0.2) is 36.2 Å². The van der Waals surface area contributed by atoms with Crippen LogP contribution in [0.4, 0.5) is 28.4 Å². The number of anilines is 1. The van der Waals surface area contributed by atoms with Crippen LogP contribution in [0, 0.1) is 0 Å². The molecule has 0 aliphatic rings. The first kappa shape index (κ1) is 34.6. The number of aromatic hydroxyl groups is 2. The van der Waals surface area contributed by atoms with Gasteiger partial charge in [0.1, 0.15) is 27.0 Å². The largest absolute Gasteiger partial charge is 0.508 e. The van der Waals surface area contributed by atoms with Gasteiger partial charge in [0.05, 0.1) is 22.7 Å². The average Bonchev–Trinajstić information content (AvgIpc) is 3.10. The van der Waals surface area contributed by atoms with E-state index in [4.69, 9.17) is 5.73 Å². The van der Waals surface area contributed by atoms with Crippen molar-refractivity contribution in [2.75, 3.05) is 5.73 Å². The number of azo groups is 2.